The van der Waals surface area contributed by atoms with Crippen LogP contribution in [0, 0.1) is 0 Å². The van der Waals surface area contributed by atoms with E-state index in [-0.39, 0.29) is 44.6 Å². The number of fused-ring (bicyclic) bond motifs is 4. The van der Waals surface area contributed by atoms with E-state index >= 15 is 0 Å². The van der Waals surface area contributed by atoms with Crippen molar-refractivity contribution in [1.82, 2.24) is 0 Å². The molecule has 0 atom stereocenters. The zero-order chi connectivity index (χ0) is 19.6. The summed E-state index contributed by atoms with van der Waals surface area (Å²) in [5.41, 5.74) is -1.09. The molecule has 0 aliphatic heterocycles. The van der Waals surface area contributed by atoms with Gasteiger partial charge < -0.3 is 18.4 Å². The molecule has 5 aromatic rings. The van der Waals surface area contributed by atoms with Gasteiger partial charge in [0.05, 0.1) is 10.8 Å². The van der Waals surface area contributed by atoms with Crippen molar-refractivity contribution in [3.05, 3.63) is 73.4 Å². The highest BCUT2D eigenvalue weighted by Gasteiger charge is 2.22. The summed E-state index contributed by atoms with van der Waals surface area (Å²) in [5.74, 6) is -0.355. The van der Waals surface area contributed by atoms with Gasteiger partial charge in [0, 0.05) is 28.2 Å². The molecule has 0 aliphatic rings. The number of furan rings is 1. The Morgan fingerprint density at radius 3 is 2.04 bits per heavy atom. The molecule has 0 saturated carbocycles. The van der Waals surface area contributed by atoms with E-state index in [9.17, 15) is 14.7 Å². The molecule has 8 heteroatoms. The lowest BCUT2D eigenvalue weighted by Crippen LogP contribution is -2.03. The minimum absolute atomic E-state index is 0.0205. The van der Waals surface area contributed by atoms with Gasteiger partial charge in [0.25, 0.3) is 0 Å². The number of hydrogen-bond donors (Lipinski definition) is 1. The molecule has 0 unspecified atom stereocenters. The van der Waals surface area contributed by atoms with Crippen molar-refractivity contribution in [2.45, 2.75) is 0 Å². The fourth-order valence-corrected chi connectivity index (χ4v) is 3.49. The van der Waals surface area contributed by atoms with Gasteiger partial charge in [-0.3, -0.25) is 0 Å². The molecule has 0 amide bonds. The lowest BCUT2D eigenvalue weighted by molar-refractivity contribution is 0.467. The van der Waals surface area contributed by atoms with Gasteiger partial charge in [0.15, 0.2) is 5.58 Å². The molecular weight excluding hydrogens is 407 g/mol. The van der Waals surface area contributed by atoms with E-state index < -0.39 is 11.3 Å². The van der Waals surface area contributed by atoms with Crippen LogP contribution in [0.5, 0.6) is 5.75 Å². The largest absolute Gasteiger partial charge is 0.506 e. The maximum atomic E-state index is 12.5. The lowest BCUT2D eigenvalue weighted by Gasteiger charge is -2.04. The summed E-state index contributed by atoms with van der Waals surface area (Å²) in [6, 6.07) is 10.6. The zero-order valence-electron chi connectivity index (χ0n) is 13.8. The highest BCUT2D eigenvalue weighted by molar-refractivity contribution is 6.31. The summed E-state index contributed by atoms with van der Waals surface area (Å²) < 4.78 is 16.3. The highest BCUT2D eigenvalue weighted by Crippen LogP contribution is 2.37. The topological polar surface area (TPSA) is 93.8 Å². The van der Waals surface area contributed by atoms with Crippen molar-refractivity contribution in [2.75, 3.05) is 0 Å². The van der Waals surface area contributed by atoms with Crippen molar-refractivity contribution in [3.8, 4) is 17.1 Å². The van der Waals surface area contributed by atoms with Gasteiger partial charge >= 0.3 is 11.3 Å². The van der Waals surface area contributed by atoms with Crippen LogP contribution in [0.1, 0.15) is 0 Å². The van der Waals surface area contributed by atoms with E-state index in [0.717, 1.165) is 0 Å². The average molecular weight is 415 g/mol. The van der Waals surface area contributed by atoms with Crippen LogP contribution in [0.4, 0.5) is 0 Å². The number of rotatable bonds is 1. The summed E-state index contributed by atoms with van der Waals surface area (Å²) in [6.45, 7) is 0. The fourth-order valence-electron chi connectivity index (χ4n) is 3.16. The first kappa shape index (κ1) is 16.9. The summed E-state index contributed by atoms with van der Waals surface area (Å²) >= 11 is 11.8. The molecule has 3 heterocycles. The third kappa shape index (κ3) is 2.42. The van der Waals surface area contributed by atoms with E-state index in [1.807, 2.05) is 0 Å². The second-order valence-corrected chi connectivity index (χ2v) is 7.01. The van der Waals surface area contributed by atoms with Crippen LogP contribution in [0.2, 0.25) is 10.0 Å². The van der Waals surface area contributed by atoms with Gasteiger partial charge in [-0.05, 0) is 24.3 Å². The Morgan fingerprint density at radius 1 is 0.714 bits per heavy atom. The molecule has 0 bridgehead atoms. The third-order valence-corrected chi connectivity index (χ3v) is 4.90. The van der Waals surface area contributed by atoms with Crippen LogP contribution in [0.25, 0.3) is 44.2 Å². The SMILES string of the molecule is O=c1oc2cc(Cl)ccc2c(O)c1-c1cc2c(=O)oc3cc(Cl)ccc3c2o1. The first-order chi connectivity index (χ1) is 13.4. The molecule has 5 rings (SSSR count). The van der Waals surface area contributed by atoms with Crippen LogP contribution in [-0.2, 0) is 0 Å². The standard InChI is InChI=1S/C20H8Cl2O6/c21-8-1-3-10-13(5-8)28-20(25)16(17(10)23)15-7-12-18(26-15)11-4-2-9(22)6-14(11)27-19(12)24/h1-7,23H. The van der Waals surface area contributed by atoms with Gasteiger partial charge in [-0.1, -0.05) is 23.2 Å². The zero-order valence-corrected chi connectivity index (χ0v) is 15.3. The second-order valence-electron chi connectivity index (χ2n) is 6.14. The van der Waals surface area contributed by atoms with Crippen LogP contribution in [-0.4, -0.2) is 5.11 Å². The van der Waals surface area contributed by atoms with E-state index in [1.165, 1.54) is 24.3 Å². The van der Waals surface area contributed by atoms with Crippen molar-refractivity contribution >= 4 is 56.1 Å². The van der Waals surface area contributed by atoms with Crippen LogP contribution in [0.15, 0.2) is 65.3 Å². The molecule has 0 aliphatic carbocycles. The smallest absolute Gasteiger partial charge is 0.351 e. The van der Waals surface area contributed by atoms with Gasteiger partial charge in [-0.25, -0.2) is 9.59 Å². The van der Waals surface area contributed by atoms with E-state index in [1.54, 1.807) is 18.2 Å². The average Bonchev–Trinajstić information content (AvgIpc) is 3.06. The minimum atomic E-state index is -0.830. The summed E-state index contributed by atoms with van der Waals surface area (Å²) in [5, 5.41) is 12.3. The molecule has 6 nitrogen and oxygen atoms in total. The van der Waals surface area contributed by atoms with Gasteiger partial charge in [-0.15, -0.1) is 0 Å². The molecule has 2 aromatic carbocycles. The summed E-state index contributed by atoms with van der Waals surface area (Å²) in [4.78, 5) is 24.8. The first-order valence-corrected chi connectivity index (χ1v) is 8.79. The van der Waals surface area contributed by atoms with Crippen molar-refractivity contribution in [3.63, 3.8) is 0 Å². The predicted molar refractivity (Wildman–Crippen MR) is 105 cm³/mol. The quantitative estimate of drug-likeness (QED) is 0.372. The Morgan fingerprint density at radius 2 is 1.32 bits per heavy atom. The minimum Gasteiger partial charge on any atom is -0.506 e. The molecule has 3 aromatic heterocycles. The molecule has 0 spiro atoms. The van der Waals surface area contributed by atoms with Gasteiger partial charge in [0.2, 0.25) is 0 Å². The Kier molecular flexibility index (Phi) is 3.56. The fraction of sp³-hybridized carbons (Fsp3) is 0. The number of hydrogen-bond acceptors (Lipinski definition) is 6. The van der Waals surface area contributed by atoms with Gasteiger partial charge in [0.1, 0.15) is 33.6 Å². The van der Waals surface area contributed by atoms with E-state index in [0.29, 0.717) is 15.4 Å². The second kappa shape index (κ2) is 5.89. The Hall–Kier alpha value is -3.22. The van der Waals surface area contributed by atoms with E-state index in [2.05, 4.69) is 0 Å². The van der Waals surface area contributed by atoms with Crippen LogP contribution < -0.4 is 11.3 Å². The third-order valence-electron chi connectivity index (χ3n) is 4.43. The molecule has 1 N–H and O–H groups in total. The normalized spacial score (nSPS) is 11.6. The molecule has 0 fully saturated rings. The molecular formula is C20H8Cl2O6. The Balaban J connectivity index is 1.86. The van der Waals surface area contributed by atoms with Crippen LogP contribution in [0.3, 0.4) is 0 Å². The number of aromatic hydroxyl groups is 1. The van der Waals surface area contributed by atoms with Crippen molar-refractivity contribution in [1.29, 1.82) is 0 Å². The summed E-state index contributed by atoms with van der Waals surface area (Å²) in [6.07, 6.45) is 0. The molecule has 138 valence electrons. The monoisotopic (exact) mass is 414 g/mol. The molecule has 0 saturated heterocycles. The number of halogens is 2. The first-order valence-electron chi connectivity index (χ1n) is 8.04. The molecule has 28 heavy (non-hydrogen) atoms. The Labute approximate surface area is 165 Å². The van der Waals surface area contributed by atoms with Crippen LogP contribution >= 0.6 is 23.2 Å². The van der Waals surface area contributed by atoms with Gasteiger partial charge in [-0.2, -0.15) is 0 Å². The molecule has 0 radical (unpaired) electrons. The maximum Gasteiger partial charge on any atom is 0.351 e. The Bertz CT molecular complexity index is 1540. The highest BCUT2D eigenvalue weighted by atomic mass is 35.5. The van der Waals surface area contributed by atoms with Crippen molar-refractivity contribution < 1.29 is 18.4 Å². The predicted octanol–water partition coefficient (Wildman–Crippen LogP) is 5.33. The van der Waals surface area contributed by atoms with Crippen molar-refractivity contribution in [2.24, 2.45) is 0 Å². The lowest BCUT2D eigenvalue weighted by atomic mass is 10.1. The summed E-state index contributed by atoms with van der Waals surface area (Å²) in [7, 11) is 0. The maximum absolute atomic E-state index is 12.5. The van der Waals surface area contributed by atoms with E-state index in [4.69, 9.17) is 36.5 Å². The number of benzene rings is 2.